The van der Waals surface area contributed by atoms with Gasteiger partial charge in [-0.15, -0.1) is 0 Å². The van der Waals surface area contributed by atoms with E-state index in [4.69, 9.17) is 43.5 Å². The largest absolute Gasteiger partial charge is 0.486 e. The second kappa shape index (κ2) is 12.3. The lowest BCUT2D eigenvalue weighted by molar-refractivity contribution is -0.0365. The van der Waals surface area contributed by atoms with Crippen molar-refractivity contribution in [3.8, 4) is 17.0 Å². The van der Waals surface area contributed by atoms with Crippen LogP contribution in [-0.4, -0.2) is 68.4 Å². The molecule has 0 saturated carbocycles. The Bertz CT molecular complexity index is 1560. The van der Waals surface area contributed by atoms with Gasteiger partial charge in [0.05, 0.1) is 15.6 Å². The fourth-order valence-corrected chi connectivity index (χ4v) is 6.23. The summed E-state index contributed by atoms with van der Waals surface area (Å²) in [6.45, 7) is 5.12. The van der Waals surface area contributed by atoms with Gasteiger partial charge in [-0.3, -0.25) is 4.98 Å². The smallest absolute Gasteiger partial charge is 0.314 e. The number of hydrogen-bond donors (Lipinski definition) is 1. The lowest BCUT2D eigenvalue weighted by atomic mass is 10.1. The average Bonchev–Trinajstić information content (AvgIpc) is 3.18. The number of primary amides is 1. The maximum absolute atomic E-state index is 11.6. The highest BCUT2D eigenvalue weighted by molar-refractivity contribution is 6.35. The van der Waals surface area contributed by atoms with E-state index >= 15 is 0 Å². The molecule has 1 aromatic carbocycles. The fourth-order valence-electron chi connectivity index (χ4n) is 5.56. The number of benzene rings is 1. The van der Waals surface area contributed by atoms with Crippen LogP contribution in [0.15, 0.2) is 43.0 Å². The van der Waals surface area contributed by atoms with Crippen molar-refractivity contribution < 1.29 is 14.3 Å². The lowest BCUT2D eigenvalue weighted by Crippen LogP contribution is -2.38. The second-order valence-electron chi connectivity index (χ2n) is 10.5. The van der Waals surface area contributed by atoms with Gasteiger partial charge in [0, 0.05) is 74.1 Å². The van der Waals surface area contributed by atoms with E-state index in [1.54, 1.807) is 29.7 Å². The van der Waals surface area contributed by atoms with Gasteiger partial charge in [0.1, 0.15) is 17.5 Å². The zero-order valence-electron chi connectivity index (χ0n) is 23.2. The Labute approximate surface area is 253 Å². The zero-order valence-corrected chi connectivity index (χ0v) is 24.8. The predicted molar refractivity (Wildman–Crippen MR) is 161 cm³/mol. The van der Waals surface area contributed by atoms with Crippen molar-refractivity contribution in [1.82, 2.24) is 29.6 Å². The number of pyridine rings is 1. The molecule has 0 spiro atoms. The second-order valence-corrected chi connectivity index (χ2v) is 11.3. The summed E-state index contributed by atoms with van der Waals surface area (Å²) in [5, 5.41) is 6.80. The quantitative estimate of drug-likeness (QED) is 0.298. The highest BCUT2D eigenvalue weighted by Gasteiger charge is 2.24. The Morgan fingerprint density at radius 2 is 1.83 bits per heavy atom. The van der Waals surface area contributed by atoms with E-state index in [0.29, 0.717) is 53.5 Å². The van der Waals surface area contributed by atoms with Crippen LogP contribution in [0.1, 0.15) is 50.5 Å². The van der Waals surface area contributed by atoms with Crippen LogP contribution in [0.3, 0.4) is 0 Å². The van der Waals surface area contributed by atoms with Crippen LogP contribution in [0.2, 0.25) is 10.0 Å². The number of rotatable bonds is 6. The van der Waals surface area contributed by atoms with E-state index in [-0.39, 0.29) is 6.23 Å². The summed E-state index contributed by atoms with van der Waals surface area (Å²) < 4.78 is 14.4. The first kappa shape index (κ1) is 28.4. The first-order chi connectivity index (χ1) is 20.4. The summed E-state index contributed by atoms with van der Waals surface area (Å²) in [4.78, 5) is 28.7. The van der Waals surface area contributed by atoms with Crippen molar-refractivity contribution in [3.63, 3.8) is 0 Å². The van der Waals surface area contributed by atoms with E-state index in [2.05, 4.69) is 19.9 Å². The summed E-state index contributed by atoms with van der Waals surface area (Å²) in [5.41, 5.74) is 8.60. The van der Waals surface area contributed by atoms with Crippen molar-refractivity contribution >= 4 is 46.1 Å². The van der Waals surface area contributed by atoms with Crippen LogP contribution in [0, 0.1) is 0 Å². The summed E-state index contributed by atoms with van der Waals surface area (Å²) in [6.07, 6.45) is 9.93. The number of urea groups is 1. The number of anilines is 1. The maximum Gasteiger partial charge on any atom is 0.314 e. The number of hydrogen-bond acceptors (Lipinski definition) is 8. The number of amides is 2. The molecule has 2 fully saturated rings. The van der Waals surface area contributed by atoms with E-state index < -0.39 is 12.1 Å². The number of nitrogens with zero attached hydrogens (tertiary/aromatic N) is 7. The van der Waals surface area contributed by atoms with Crippen molar-refractivity contribution in [1.29, 1.82) is 0 Å². The topological polar surface area (TPSA) is 125 Å². The molecule has 2 unspecified atom stereocenters. The van der Waals surface area contributed by atoms with Crippen molar-refractivity contribution in [2.75, 3.05) is 37.7 Å². The molecule has 0 bridgehead atoms. The molecule has 0 aliphatic carbocycles. The molecule has 3 aromatic heterocycles. The van der Waals surface area contributed by atoms with Gasteiger partial charge in [0.2, 0.25) is 5.95 Å². The lowest BCUT2D eigenvalue weighted by Gasteiger charge is -2.23. The molecular formula is C29H32Cl2N8O3. The SMILES string of the molecule is CC(Oc1ccc2c(c1)c(-c1cnc(N3CCCN(C(N)=O)CC3)nc1)nn2C1CCCCO1)c1c(Cl)cncc1Cl. The monoisotopic (exact) mass is 610 g/mol. The summed E-state index contributed by atoms with van der Waals surface area (Å²) >= 11 is 12.8. The van der Waals surface area contributed by atoms with Crippen LogP contribution in [-0.2, 0) is 4.74 Å². The van der Waals surface area contributed by atoms with Gasteiger partial charge in [-0.1, -0.05) is 23.2 Å². The summed E-state index contributed by atoms with van der Waals surface area (Å²) in [5.74, 6) is 1.25. The normalized spacial score (nSPS) is 18.6. The van der Waals surface area contributed by atoms with E-state index in [0.717, 1.165) is 54.4 Å². The molecule has 2 amide bonds. The third kappa shape index (κ3) is 5.81. The summed E-state index contributed by atoms with van der Waals surface area (Å²) in [7, 11) is 0. The molecular weight excluding hydrogens is 579 g/mol. The fraction of sp³-hybridized carbons (Fsp3) is 0.414. The number of carbonyl (C=O) groups is 1. The number of carbonyl (C=O) groups excluding carboxylic acids is 1. The molecule has 42 heavy (non-hydrogen) atoms. The summed E-state index contributed by atoms with van der Waals surface area (Å²) in [6, 6.07) is 5.49. The Morgan fingerprint density at radius 3 is 2.55 bits per heavy atom. The molecule has 2 aliphatic heterocycles. The molecule has 2 saturated heterocycles. The highest BCUT2D eigenvalue weighted by atomic mass is 35.5. The minimum Gasteiger partial charge on any atom is -0.486 e. The third-order valence-corrected chi connectivity index (χ3v) is 8.32. The first-order valence-electron chi connectivity index (χ1n) is 14.1. The molecule has 2 N–H and O–H groups in total. The molecule has 6 rings (SSSR count). The Balaban J connectivity index is 1.32. The number of ether oxygens (including phenoxy) is 2. The van der Waals surface area contributed by atoms with Crippen LogP contribution >= 0.6 is 23.2 Å². The first-order valence-corrected chi connectivity index (χ1v) is 14.9. The molecule has 220 valence electrons. The molecule has 4 aromatic rings. The molecule has 11 nitrogen and oxygen atoms in total. The zero-order chi connectivity index (χ0) is 29.2. The van der Waals surface area contributed by atoms with Crippen LogP contribution < -0.4 is 15.4 Å². The maximum atomic E-state index is 11.6. The molecule has 2 atom stereocenters. The van der Waals surface area contributed by atoms with Gasteiger partial charge in [0.25, 0.3) is 0 Å². The Hall–Kier alpha value is -3.67. The van der Waals surface area contributed by atoms with Crippen LogP contribution in [0.25, 0.3) is 22.2 Å². The molecule has 5 heterocycles. The van der Waals surface area contributed by atoms with Gasteiger partial charge in [-0.25, -0.2) is 19.4 Å². The predicted octanol–water partition coefficient (Wildman–Crippen LogP) is 5.63. The van der Waals surface area contributed by atoms with Crippen LogP contribution in [0.4, 0.5) is 10.7 Å². The minimum atomic E-state index is -0.410. The average molecular weight is 612 g/mol. The van der Waals surface area contributed by atoms with Gasteiger partial charge in [-0.2, -0.15) is 5.10 Å². The van der Waals surface area contributed by atoms with E-state index in [1.807, 2.05) is 29.8 Å². The van der Waals surface area contributed by atoms with E-state index in [9.17, 15) is 4.79 Å². The Kier molecular flexibility index (Phi) is 8.32. The standard InChI is InChI=1S/C29H32Cl2N8O3/c1-18(26-22(30)16-33-17-23(26)31)42-20-6-7-24-21(13-20)27(36-39(24)25-5-2-3-12-41-25)19-14-34-29(35-15-19)38-9-4-8-37(10-11-38)28(32)40/h6-7,13-18,25H,2-5,8-12H2,1H3,(H2,32,40). The van der Waals surface area contributed by atoms with E-state index in [1.165, 1.54) is 0 Å². The number of halogens is 2. The highest BCUT2D eigenvalue weighted by Crippen LogP contribution is 2.37. The minimum absolute atomic E-state index is 0.152. The molecule has 13 heteroatoms. The van der Waals surface area contributed by atoms with Gasteiger partial charge in [-0.05, 0) is 50.8 Å². The number of fused-ring (bicyclic) bond motifs is 1. The van der Waals surface area contributed by atoms with Gasteiger partial charge in [0.15, 0.2) is 6.23 Å². The van der Waals surface area contributed by atoms with Gasteiger partial charge >= 0.3 is 6.03 Å². The Morgan fingerprint density at radius 1 is 1.05 bits per heavy atom. The number of aromatic nitrogens is 5. The third-order valence-electron chi connectivity index (χ3n) is 7.72. The van der Waals surface area contributed by atoms with Crippen molar-refractivity contribution in [3.05, 3.63) is 58.6 Å². The number of nitrogens with two attached hydrogens (primary N) is 1. The molecule has 0 radical (unpaired) electrons. The van der Waals surface area contributed by atoms with Crippen molar-refractivity contribution in [2.45, 2.75) is 44.9 Å². The van der Waals surface area contributed by atoms with Crippen molar-refractivity contribution in [2.24, 2.45) is 5.73 Å². The van der Waals surface area contributed by atoms with Gasteiger partial charge < -0.3 is 25.0 Å². The van der Waals surface area contributed by atoms with Crippen LogP contribution in [0.5, 0.6) is 5.75 Å². The molecule has 2 aliphatic rings.